The van der Waals surface area contributed by atoms with Crippen molar-refractivity contribution in [3.63, 3.8) is 0 Å². The van der Waals surface area contributed by atoms with E-state index in [1.807, 2.05) is 41.8 Å². The minimum atomic E-state index is -0.132. The minimum absolute atomic E-state index is 0.132. The van der Waals surface area contributed by atoms with Gasteiger partial charge in [-0.15, -0.1) is 11.3 Å². The number of aromatic hydroxyl groups is 1. The molecule has 0 aliphatic heterocycles. The number of fused-ring (bicyclic) bond motifs is 1. The molecule has 0 spiro atoms. The number of anilines is 1. The van der Waals surface area contributed by atoms with E-state index in [9.17, 15) is 9.90 Å². The van der Waals surface area contributed by atoms with Crippen LogP contribution >= 0.6 is 11.3 Å². The Morgan fingerprint density at radius 1 is 1.12 bits per heavy atom. The van der Waals surface area contributed by atoms with E-state index in [2.05, 4.69) is 10.3 Å². The van der Waals surface area contributed by atoms with Crippen molar-refractivity contribution in [3.05, 3.63) is 71.2 Å². The minimum Gasteiger partial charge on any atom is -0.508 e. The van der Waals surface area contributed by atoms with E-state index in [0.717, 1.165) is 22.3 Å². The van der Waals surface area contributed by atoms with Crippen molar-refractivity contribution in [1.29, 1.82) is 0 Å². The number of thiazole rings is 1. The summed E-state index contributed by atoms with van der Waals surface area (Å²) in [5, 5.41) is 15.4. The summed E-state index contributed by atoms with van der Waals surface area (Å²) in [6.07, 6.45) is 0.228. The van der Waals surface area contributed by atoms with Crippen LogP contribution in [0.4, 0.5) is 5.69 Å². The molecule has 2 heterocycles. The first kappa shape index (κ1) is 16.2. The number of benzene rings is 2. The molecule has 0 bridgehead atoms. The molecule has 4 rings (SSSR count). The molecule has 2 aromatic heterocycles. The molecule has 5 nitrogen and oxygen atoms in total. The number of pyridine rings is 1. The van der Waals surface area contributed by atoms with E-state index in [4.69, 9.17) is 4.98 Å². The van der Waals surface area contributed by atoms with E-state index in [1.165, 1.54) is 11.3 Å². The molecule has 128 valence electrons. The number of hydrogen-bond acceptors (Lipinski definition) is 5. The maximum atomic E-state index is 12.3. The van der Waals surface area contributed by atoms with Crippen molar-refractivity contribution in [2.45, 2.75) is 6.42 Å². The molecule has 0 fully saturated rings. The van der Waals surface area contributed by atoms with Crippen LogP contribution in [0.3, 0.4) is 0 Å². The Hall–Kier alpha value is -3.25. The number of hydrogen-bond donors (Lipinski definition) is 2. The molecule has 0 radical (unpaired) electrons. The second-order valence-corrected chi connectivity index (χ2v) is 6.55. The summed E-state index contributed by atoms with van der Waals surface area (Å²) >= 11 is 1.47. The van der Waals surface area contributed by atoms with Crippen molar-refractivity contribution in [3.8, 4) is 17.0 Å². The molecule has 2 N–H and O–H groups in total. The van der Waals surface area contributed by atoms with Crippen LogP contribution in [-0.4, -0.2) is 21.0 Å². The summed E-state index contributed by atoms with van der Waals surface area (Å²) in [7, 11) is 0. The average Bonchev–Trinajstić information content (AvgIpc) is 3.14. The molecular formula is C20H15N3O2S. The Morgan fingerprint density at radius 2 is 2.00 bits per heavy atom. The van der Waals surface area contributed by atoms with E-state index in [1.54, 1.807) is 23.7 Å². The number of aromatic nitrogens is 2. The molecule has 0 aliphatic rings. The van der Waals surface area contributed by atoms with Gasteiger partial charge in [-0.25, -0.2) is 9.97 Å². The van der Waals surface area contributed by atoms with Crippen molar-refractivity contribution >= 4 is 33.8 Å². The lowest BCUT2D eigenvalue weighted by Crippen LogP contribution is -2.15. The Bertz CT molecular complexity index is 1080. The van der Waals surface area contributed by atoms with Crippen molar-refractivity contribution in [1.82, 2.24) is 9.97 Å². The molecule has 0 saturated heterocycles. The largest absolute Gasteiger partial charge is 0.508 e. The highest BCUT2D eigenvalue weighted by Gasteiger charge is 2.10. The lowest BCUT2D eigenvalue weighted by Gasteiger charge is -2.09. The van der Waals surface area contributed by atoms with E-state index in [-0.39, 0.29) is 18.1 Å². The van der Waals surface area contributed by atoms with Gasteiger partial charge in [-0.3, -0.25) is 4.79 Å². The van der Waals surface area contributed by atoms with Gasteiger partial charge in [0.1, 0.15) is 5.75 Å². The van der Waals surface area contributed by atoms with Crippen LogP contribution in [0.2, 0.25) is 0 Å². The standard InChI is InChI=1S/C20H15N3O2S/c24-16-5-1-4-14(9-16)17-8-7-13-3-2-6-18(20(13)23-17)22-19(25)10-15-11-26-12-21-15/h1-9,11-12,24H,10H2,(H,22,25). The van der Waals surface area contributed by atoms with Gasteiger partial charge < -0.3 is 10.4 Å². The Labute approximate surface area is 154 Å². The van der Waals surface area contributed by atoms with Gasteiger partial charge in [-0.2, -0.15) is 0 Å². The fourth-order valence-corrected chi connectivity index (χ4v) is 3.32. The monoisotopic (exact) mass is 361 g/mol. The molecule has 0 atom stereocenters. The quantitative estimate of drug-likeness (QED) is 0.570. The SMILES string of the molecule is O=C(Cc1cscn1)Nc1cccc2ccc(-c3cccc(O)c3)nc12. The predicted molar refractivity (Wildman–Crippen MR) is 103 cm³/mol. The maximum absolute atomic E-state index is 12.3. The average molecular weight is 361 g/mol. The molecular weight excluding hydrogens is 346 g/mol. The van der Waals surface area contributed by atoms with Gasteiger partial charge in [0.25, 0.3) is 0 Å². The third-order valence-electron chi connectivity index (χ3n) is 3.96. The van der Waals surface area contributed by atoms with E-state index < -0.39 is 0 Å². The van der Waals surface area contributed by atoms with Gasteiger partial charge in [0.2, 0.25) is 5.91 Å². The number of phenolic OH excluding ortho intramolecular Hbond substituents is 1. The summed E-state index contributed by atoms with van der Waals surface area (Å²) < 4.78 is 0. The van der Waals surface area contributed by atoms with Gasteiger partial charge in [-0.05, 0) is 24.3 Å². The number of para-hydroxylation sites is 1. The van der Waals surface area contributed by atoms with Crippen LogP contribution in [0.25, 0.3) is 22.2 Å². The van der Waals surface area contributed by atoms with Crippen molar-refractivity contribution < 1.29 is 9.90 Å². The van der Waals surface area contributed by atoms with Crippen molar-refractivity contribution in [2.24, 2.45) is 0 Å². The lowest BCUT2D eigenvalue weighted by molar-refractivity contribution is -0.115. The molecule has 4 aromatic rings. The second-order valence-electron chi connectivity index (χ2n) is 5.83. The zero-order chi connectivity index (χ0) is 17.9. The van der Waals surface area contributed by atoms with Crippen LogP contribution in [0.1, 0.15) is 5.69 Å². The van der Waals surface area contributed by atoms with Gasteiger partial charge in [0.15, 0.2) is 0 Å². The number of phenols is 1. The molecule has 0 aliphatic carbocycles. The molecule has 0 unspecified atom stereocenters. The second kappa shape index (κ2) is 6.93. The normalized spacial score (nSPS) is 10.8. The molecule has 2 aromatic carbocycles. The zero-order valence-corrected chi connectivity index (χ0v) is 14.5. The van der Waals surface area contributed by atoms with Crippen LogP contribution in [0.15, 0.2) is 65.5 Å². The number of carbonyl (C=O) groups is 1. The predicted octanol–water partition coefficient (Wildman–Crippen LogP) is 4.25. The highest BCUT2D eigenvalue weighted by atomic mass is 32.1. The smallest absolute Gasteiger partial charge is 0.230 e. The number of rotatable bonds is 4. The number of nitrogens with one attached hydrogen (secondary N) is 1. The van der Waals surface area contributed by atoms with E-state index in [0.29, 0.717) is 11.2 Å². The van der Waals surface area contributed by atoms with Crippen LogP contribution in [0.5, 0.6) is 5.75 Å². The third kappa shape index (κ3) is 3.41. The Kier molecular flexibility index (Phi) is 4.33. The number of nitrogens with zero attached hydrogens (tertiary/aromatic N) is 2. The number of amides is 1. The Balaban J connectivity index is 1.68. The van der Waals surface area contributed by atoms with Crippen LogP contribution in [-0.2, 0) is 11.2 Å². The fraction of sp³-hybridized carbons (Fsp3) is 0.0500. The summed E-state index contributed by atoms with van der Waals surface area (Å²) in [5.74, 6) is 0.0576. The van der Waals surface area contributed by atoms with Gasteiger partial charge in [0, 0.05) is 16.3 Å². The number of carbonyl (C=O) groups excluding carboxylic acids is 1. The zero-order valence-electron chi connectivity index (χ0n) is 13.7. The summed E-state index contributed by atoms with van der Waals surface area (Å²) in [6.45, 7) is 0. The highest BCUT2D eigenvalue weighted by Crippen LogP contribution is 2.27. The molecule has 0 saturated carbocycles. The van der Waals surface area contributed by atoms with Gasteiger partial charge in [-0.1, -0.05) is 30.3 Å². The van der Waals surface area contributed by atoms with Crippen LogP contribution < -0.4 is 5.32 Å². The van der Waals surface area contributed by atoms with Crippen LogP contribution in [0, 0.1) is 0 Å². The first-order valence-corrected chi connectivity index (χ1v) is 8.99. The van der Waals surface area contributed by atoms with Gasteiger partial charge >= 0.3 is 0 Å². The summed E-state index contributed by atoms with van der Waals surface area (Å²) in [4.78, 5) is 21.2. The van der Waals surface area contributed by atoms with Crippen molar-refractivity contribution in [2.75, 3.05) is 5.32 Å². The summed E-state index contributed by atoms with van der Waals surface area (Å²) in [6, 6.07) is 16.5. The van der Waals surface area contributed by atoms with Gasteiger partial charge in [0.05, 0.1) is 34.5 Å². The molecule has 26 heavy (non-hydrogen) atoms. The Morgan fingerprint density at radius 3 is 2.81 bits per heavy atom. The highest BCUT2D eigenvalue weighted by molar-refractivity contribution is 7.07. The summed E-state index contributed by atoms with van der Waals surface area (Å²) in [5.41, 5.74) is 5.37. The topological polar surface area (TPSA) is 75.1 Å². The third-order valence-corrected chi connectivity index (χ3v) is 4.60. The fourth-order valence-electron chi connectivity index (χ4n) is 2.76. The lowest BCUT2D eigenvalue weighted by atomic mass is 10.1. The first-order valence-electron chi connectivity index (χ1n) is 8.05. The maximum Gasteiger partial charge on any atom is 0.230 e. The molecule has 6 heteroatoms. The van der Waals surface area contributed by atoms with E-state index >= 15 is 0 Å². The molecule has 1 amide bonds. The first-order chi connectivity index (χ1) is 12.7.